The van der Waals surface area contributed by atoms with Crippen molar-refractivity contribution in [3.63, 3.8) is 0 Å². The highest BCUT2D eigenvalue weighted by molar-refractivity contribution is 5.94. The van der Waals surface area contributed by atoms with Crippen LogP contribution >= 0.6 is 0 Å². The van der Waals surface area contributed by atoms with E-state index in [4.69, 9.17) is 0 Å². The smallest absolute Gasteiger partial charge is 0.226 e. The van der Waals surface area contributed by atoms with E-state index in [0.717, 1.165) is 16.9 Å². The Morgan fingerprint density at radius 3 is 3.05 bits per heavy atom. The average Bonchev–Trinajstić information content (AvgIpc) is 3.16. The first-order valence-electron chi connectivity index (χ1n) is 6.73. The molecular formula is C15H13N5O. The van der Waals surface area contributed by atoms with Crippen molar-refractivity contribution in [2.24, 2.45) is 0 Å². The van der Waals surface area contributed by atoms with E-state index in [0.29, 0.717) is 12.2 Å². The van der Waals surface area contributed by atoms with Crippen LogP contribution in [0.4, 0.5) is 5.82 Å². The van der Waals surface area contributed by atoms with E-state index in [1.54, 1.807) is 12.4 Å². The fourth-order valence-corrected chi connectivity index (χ4v) is 2.82. The number of aromatic amines is 1. The van der Waals surface area contributed by atoms with Crippen molar-refractivity contribution in [2.45, 2.75) is 12.3 Å². The van der Waals surface area contributed by atoms with Gasteiger partial charge in [-0.05, 0) is 24.3 Å². The molecule has 0 aromatic carbocycles. The third kappa shape index (κ3) is 1.92. The summed E-state index contributed by atoms with van der Waals surface area (Å²) in [6.07, 6.45) is 7.73. The Labute approximate surface area is 120 Å². The maximum Gasteiger partial charge on any atom is 0.226 e. The normalized spacial score (nSPS) is 17.3. The molecule has 1 amide bonds. The summed E-state index contributed by atoms with van der Waals surface area (Å²) < 4.78 is 2.06. The lowest BCUT2D eigenvalue weighted by molar-refractivity contribution is -0.116. The summed E-state index contributed by atoms with van der Waals surface area (Å²) in [7, 11) is 0. The number of carbonyl (C=O) groups excluding carboxylic acids is 1. The molecule has 1 unspecified atom stereocenters. The first-order chi connectivity index (χ1) is 10.3. The Morgan fingerprint density at radius 2 is 2.19 bits per heavy atom. The molecule has 0 saturated carbocycles. The number of hydrogen-bond donors (Lipinski definition) is 2. The number of amides is 1. The van der Waals surface area contributed by atoms with Crippen LogP contribution in [0.1, 0.15) is 23.6 Å². The van der Waals surface area contributed by atoms with Crippen molar-refractivity contribution in [3.05, 3.63) is 60.3 Å². The molecule has 0 radical (unpaired) electrons. The van der Waals surface area contributed by atoms with Crippen molar-refractivity contribution in [1.29, 1.82) is 0 Å². The molecule has 0 fully saturated rings. The van der Waals surface area contributed by atoms with Crippen molar-refractivity contribution in [1.82, 2.24) is 19.7 Å². The van der Waals surface area contributed by atoms with Gasteiger partial charge in [-0.2, -0.15) is 5.10 Å². The molecular weight excluding hydrogens is 266 g/mol. The van der Waals surface area contributed by atoms with Crippen LogP contribution < -0.4 is 5.32 Å². The van der Waals surface area contributed by atoms with Gasteiger partial charge in [-0.15, -0.1) is 0 Å². The van der Waals surface area contributed by atoms with E-state index in [9.17, 15) is 4.79 Å². The lowest BCUT2D eigenvalue weighted by Crippen LogP contribution is -2.24. The van der Waals surface area contributed by atoms with Gasteiger partial charge >= 0.3 is 0 Å². The summed E-state index contributed by atoms with van der Waals surface area (Å²) in [6.45, 7) is 0. The zero-order valence-electron chi connectivity index (χ0n) is 11.2. The number of fused-ring (bicyclic) bond motifs is 1. The Kier molecular flexibility index (Phi) is 2.60. The van der Waals surface area contributed by atoms with E-state index >= 15 is 0 Å². The zero-order chi connectivity index (χ0) is 14.2. The Bertz CT molecular complexity index is 789. The number of aromatic nitrogens is 4. The fourth-order valence-electron chi connectivity index (χ4n) is 2.82. The number of anilines is 1. The van der Waals surface area contributed by atoms with Gasteiger partial charge in [0.1, 0.15) is 5.82 Å². The van der Waals surface area contributed by atoms with Gasteiger partial charge in [-0.25, -0.2) is 0 Å². The van der Waals surface area contributed by atoms with E-state index in [1.165, 1.54) is 0 Å². The minimum atomic E-state index is -0.0114. The third-order valence-electron chi connectivity index (χ3n) is 3.76. The first kappa shape index (κ1) is 11.9. The SMILES string of the molecule is O=C1CC(c2cccn2-c2cccnc2)c2cn[nH]c2N1. The van der Waals surface area contributed by atoms with Gasteiger partial charge in [-0.1, -0.05) is 0 Å². The van der Waals surface area contributed by atoms with Gasteiger partial charge < -0.3 is 9.88 Å². The second-order valence-corrected chi connectivity index (χ2v) is 5.02. The Morgan fingerprint density at radius 1 is 1.24 bits per heavy atom. The Hall–Kier alpha value is -2.89. The van der Waals surface area contributed by atoms with Crippen LogP contribution in [0.2, 0.25) is 0 Å². The van der Waals surface area contributed by atoms with Gasteiger partial charge in [0, 0.05) is 36.0 Å². The van der Waals surface area contributed by atoms with Gasteiger partial charge in [0.25, 0.3) is 0 Å². The molecule has 2 N–H and O–H groups in total. The first-order valence-corrected chi connectivity index (χ1v) is 6.73. The second kappa shape index (κ2) is 4.59. The predicted molar refractivity (Wildman–Crippen MR) is 77.2 cm³/mol. The molecule has 6 heteroatoms. The van der Waals surface area contributed by atoms with Crippen LogP contribution in [-0.4, -0.2) is 25.7 Å². The highest BCUT2D eigenvalue weighted by Gasteiger charge is 2.30. The van der Waals surface area contributed by atoms with E-state index in [2.05, 4.69) is 25.1 Å². The summed E-state index contributed by atoms with van der Waals surface area (Å²) in [6, 6.07) is 7.91. The number of H-pyrrole nitrogens is 1. The average molecular weight is 279 g/mol. The number of hydrogen-bond acceptors (Lipinski definition) is 3. The van der Waals surface area contributed by atoms with E-state index in [-0.39, 0.29) is 11.8 Å². The summed E-state index contributed by atoms with van der Waals surface area (Å²) in [5.74, 6) is 0.675. The highest BCUT2D eigenvalue weighted by Crippen LogP contribution is 2.36. The van der Waals surface area contributed by atoms with Crippen LogP contribution in [0.3, 0.4) is 0 Å². The molecule has 21 heavy (non-hydrogen) atoms. The summed E-state index contributed by atoms with van der Waals surface area (Å²) in [4.78, 5) is 16.1. The molecule has 104 valence electrons. The Balaban J connectivity index is 1.83. The van der Waals surface area contributed by atoms with Crippen LogP contribution in [0, 0.1) is 0 Å². The summed E-state index contributed by atoms with van der Waals surface area (Å²) >= 11 is 0. The molecule has 4 rings (SSSR count). The van der Waals surface area contributed by atoms with Gasteiger partial charge in [-0.3, -0.25) is 14.9 Å². The molecule has 0 bridgehead atoms. The monoisotopic (exact) mass is 279 g/mol. The van der Waals surface area contributed by atoms with Crippen molar-refractivity contribution in [2.75, 3.05) is 5.32 Å². The molecule has 0 saturated heterocycles. The van der Waals surface area contributed by atoms with Crippen LogP contribution in [0.25, 0.3) is 5.69 Å². The standard InChI is InChI=1S/C15H13N5O/c21-14-7-11(12-9-17-19-15(12)18-14)13-4-2-6-20(13)10-3-1-5-16-8-10/h1-6,8-9,11H,7H2,(H2,17,18,19,21). The second-order valence-electron chi connectivity index (χ2n) is 5.02. The number of rotatable bonds is 2. The summed E-state index contributed by atoms with van der Waals surface area (Å²) in [5, 5.41) is 9.69. The molecule has 1 aliphatic heterocycles. The predicted octanol–water partition coefficient (Wildman–Crippen LogP) is 2.07. The molecule has 0 spiro atoms. The van der Waals surface area contributed by atoms with E-state index in [1.807, 2.05) is 36.7 Å². The minimum absolute atomic E-state index is 0.00399. The highest BCUT2D eigenvalue weighted by atomic mass is 16.1. The van der Waals surface area contributed by atoms with Gasteiger partial charge in [0.15, 0.2) is 0 Å². The topological polar surface area (TPSA) is 75.6 Å². The minimum Gasteiger partial charge on any atom is -0.319 e. The van der Waals surface area contributed by atoms with Crippen molar-refractivity contribution >= 4 is 11.7 Å². The molecule has 6 nitrogen and oxygen atoms in total. The lowest BCUT2D eigenvalue weighted by Gasteiger charge is -2.23. The molecule has 1 atom stereocenters. The molecule has 1 aliphatic rings. The fraction of sp³-hybridized carbons (Fsp3) is 0.133. The lowest BCUT2D eigenvalue weighted by atomic mass is 9.91. The molecule has 0 aliphatic carbocycles. The van der Waals surface area contributed by atoms with Gasteiger partial charge in [0.05, 0.1) is 18.1 Å². The zero-order valence-corrected chi connectivity index (χ0v) is 11.2. The molecule has 3 aromatic rings. The number of nitrogens with one attached hydrogen (secondary N) is 2. The van der Waals surface area contributed by atoms with Gasteiger partial charge in [0.2, 0.25) is 5.91 Å². The molecule has 4 heterocycles. The van der Waals surface area contributed by atoms with E-state index < -0.39 is 0 Å². The number of carbonyl (C=O) groups is 1. The quantitative estimate of drug-likeness (QED) is 0.754. The molecule has 3 aromatic heterocycles. The summed E-state index contributed by atoms with van der Waals surface area (Å²) in [5.41, 5.74) is 3.05. The number of nitrogens with zero attached hydrogens (tertiary/aromatic N) is 3. The third-order valence-corrected chi connectivity index (χ3v) is 3.76. The van der Waals surface area contributed by atoms with Crippen molar-refractivity contribution in [3.8, 4) is 5.69 Å². The largest absolute Gasteiger partial charge is 0.319 e. The maximum atomic E-state index is 11.9. The number of pyridine rings is 1. The van der Waals surface area contributed by atoms with Crippen LogP contribution in [-0.2, 0) is 4.79 Å². The van der Waals surface area contributed by atoms with Crippen LogP contribution in [0.15, 0.2) is 49.1 Å². The van der Waals surface area contributed by atoms with Crippen LogP contribution in [0.5, 0.6) is 0 Å². The van der Waals surface area contributed by atoms with Crippen molar-refractivity contribution < 1.29 is 4.79 Å². The maximum absolute atomic E-state index is 11.9.